The Balaban J connectivity index is 1.28. The molecular weight excluding hydrogens is 609 g/mol. The van der Waals surface area contributed by atoms with Gasteiger partial charge >= 0.3 is 6.01 Å². The minimum atomic E-state index is -0.929. The van der Waals surface area contributed by atoms with Crippen molar-refractivity contribution in [1.82, 2.24) is 35.3 Å². The van der Waals surface area contributed by atoms with E-state index in [2.05, 4.69) is 30.3 Å². The summed E-state index contributed by atoms with van der Waals surface area (Å²) < 4.78 is 52.7. The van der Waals surface area contributed by atoms with Gasteiger partial charge in [0.25, 0.3) is 0 Å². The fourth-order valence-electron chi connectivity index (χ4n) is 7.75. The summed E-state index contributed by atoms with van der Waals surface area (Å²) in [5.74, 6) is -0.832. The number of aromatic hydroxyl groups is 1. The molecule has 6 heterocycles. The number of anilines is 1. The van der Waals surface area contributed by atoms with Crippen LogP contribution in [0.25, 0.3) is 32.9 Å². The number of pyridine rings is 1. The Morgan fingerprint density at radius 2 is 2.00 bits per heavy atom. The summed E-state index contributed by atoms with van der Waals surface area (Å²) >= 11 is 0. The third-order valence-corrected chi connectivity index (χ3v) is 9.94. The predicted molar refractivity (Wildman–Crippen MR) is 169 cm³/mol. The highest BCUT2D eigenvalue weighted by Gasteiger charge is 2.49. The lowest BCUT2D eigenvalue weighted by Crippen LogP contribution is -2.43. The zero-order chi connectivity index (χ0) is 32.3. The van der Waals surface area contributed by atoms with Crippen LogP contribution in [-0.2, 0) is 19.4 Å². The first-order valence-electron chi connectivity index (χ1n) is 16.1. The molecule has 3 aliphatic heterocycles. The van der Waals surface area contributed by atoms with E-state index in [0.717, 1.165) is 37.1 Å². The van der Waals surface area contributed by atoms with Gasteiger partial charge in [0.2, 0.25) is 0 Å². The number of phenolic OH excluding ortho intramolecular Hbond substituents is 1. The van der Waals surface area contributed by atoms with E-state index in [1.807, 2.05) is 11.8 Å². The average Bonchev–Trinajstić information content (AvgIpc) is 3.50. The van der Waals surface area contributed by atoms with Crippen molar-refractivity contribution in [3.8, 4) is 23.0 Å². The van der Waals surface area contributed by atoms with Gasteiger partial charge in [0.1, 0.15) is 41.4 Å². The summed E-state index contributed by atoms with van der Waals surface area (Å²) in [4.78, 5) is 18.1. The molecule has 0 unspecified atom stereocenters. The van der Waals surface area contributed by atoms with E-state index < -0.39 is 23.3 Å². The van der Waals surface area contributed by atoms with E-state index in [1.165, 1.54) is 24.4 Å². The predicted octanol–water partition coefficient (Wildman–Crippen LogP) is 5.48. The van der Waals surface area contributed by atoms with Crippen LogP contribution in [-0.4, -0.2) is 78.3 Å². The molecule has 3 aromatic heterocycles. The number of aromatic nitrogens is 6. The van der Waals surface area contributed by atoms with Gasteiger partial charge < -0.3 is 14.7 Å². The van der Waals surface area contributed by atoms with Crippen LogP contribution in [0, 0.1) is 11.6 Å². The lowest BCUT2D eigenvalue weighted by atomic mass is 9.94. The summed E-state index contributed by atoms with van der Waals surface area (Å²) in [5, 5.41) is 24.0. The molecule has 0 saturated carbocycles. The number of alkyl halides is 1. The van der Waals surface area contributed by atoms with Crippen LogP contribution in [0.4, 0.5) is 19.0 Å². The Kier molecular flexibility index (Phi) is 7.31. The molecular formula is C34H33F3N8O2. The number of hydrogen-bond acceptors (Lipinski definition) is 10. The van der Waals surface area contributed by atoms with Crippen LogP contribution in [0.2, 0.25) is 0 Å². The Bertz CT molecular complexity index is 2030. The number of ether oxygens (including phenoxy) is 1. The van der Waals surface area contributed by atoms with E-state index in [0.29, 0.717) is 66.4 Å². The van der Waals surface area contributed by atoms with Gasteiger partial charge in [-0.2, -0.15) is 9.97 Å². The molecule has 0 amide bonds. The van der Waals surface area contributed by atoms with Crippen LogP contribution in [0.1, 0.15) is 49.4 Å². The van der Waals surface area contributed by atoms with Gasteiger partial charge in [-0.1, -0.05) is 13.0 Å². The summed E-state index contributed by atoms with van der Waals surface area (Å²) in [6.45, 7) is 4.17. The number of aryl methyl sites for hydroxylation is 2. The summed E-state index contributed by atoms with van der Waals surface area (Å²) in [5.41, 5.74) is 1.84. The first-order chi connectivity index (χ1) is 22.8. The fraction of sp³-hybridized carbons (Fsp3) is 0.412. The van der Waals surface area contributed by atoms with Crippen molar-refractivity contribution in [2.75, 3.05) is 31.1 Å². The number of nitrogens with zero attached hydrogens (tertiary/aromatic N) is 8. The summed E-state index contributed by atoms with van der Waals surface area (Å²) in [6.07, 6.45) is 6.19. The van der Waals surface area contributed by atoms with Crippen molar-refractivity contribution in [2.24, 2.45) is 0 Å². The zero-order valence-corrected chi connectivity index (χ0v) is 25.9. The maximum absolute atomic E-state index is 16.9. The van der Waals surface area contributed by atoms with Crippen molar-refractivity contribution < 1.29 is 23.0 Å². The zero-order valence-electron chi connectivity index (χ0n) is 25.9. The number of fused-ring (bicyclic) bond motifs is 4. The maximum atomic E-state index is 16.9. The molecule has 0 spiro atoms. The molecule has 8 rings (SSSR count). The van der Waals surface area contributed by atoms with Crippen LogP contribution in [0.15, 0.2) is 36.7 Å². The van der Waals surface area contributed by atoms with Gasteiger partial charge in [-0.05, 0) is 78.4 Å². The SMILES string of the molecule is CCc1c(F)ccc2cc(O)cc(-c3ncc4c(N5CCCc6nnncc6C5)nc(OC[C@@]56CCCN5C[C@H](F)C6)nc4c3F)c12. The largest absolute Gasteiger partial charge is 0.508 e. The highest BCUT2D eigenvalue weighted by Crippen LogP contribution is 2.42. The molecule has 0 aliphatic carbocycles. The highest BCUT2D eigenvalue weighted by atomic mass is 19.1. The lowest BCUT2D eigenvalue weighted by molar-refractivity contribution is 0.107. The molecule has 0 radical (unpaired) electrons. The fourth-order valence-corrected chi connectivity index (χ4v) is 7.75. The van der Waals surface area contributed by atoms with Gasteiger partial charge in [0.15, 0.2) is 5.82 Å². The van der Waals surface area contributed by atoms with E-state index in [-0.39, 0.29) is 35.1 Å². The van der Waals surface area contributed by atoms with E-state index in [4.69, 9.17) is 9.72 Å². The number of halogens is 3. The molecule has 1 N–H and O–H groups in total. The molecule has 5 aromatic rings. The average molecular weight is 643 g/mol. The second-order valence-electron chi connectivity index (χ2n) is 12.8. The topological polar surface area (TPSA) is 113 Å². The van der Waals surface area contributed by atoms with Crippen molar-refractivity contribution in [3.63, 3.8) is 0 Å². The summed E-state index contributed by atoms with van der Waals surface area (Å²) in [6, 6.07) is 5.81. The quantitative estimate of drug-likeness (QED) is 0.255. The Morgan fingerprint density at radius 3 is 2.87 bits per heavy atom. The molecule has 2 fully saturated rings. The van der Waals surface area contributed by atoms with Crippen molar-refractivity contribution in [1.29, 1.82) is 0 Å². The third kappa shape index (κ3) is 5.07. The number of hydrogen-bond donors (Lipinski definition) is 1. The van der Waals surface area contributed by atoms with Crippen molar-refractivity contribution in [2.45, 2.75) is 63.7 Å². The molecule has 2 aromatic carbocycles. The van der Waals surface area contributed by atoms with Crippen LogP contribution >= 0.6 is 0 Å². The molecule has 3 aliphatic rings. The van der Waals surface area contributed by atoms with Crippen LogP contribution < -0.4 is 9.64 Å². The minimum Gasteiger partial charge on any atom is -0.508 e. The van der Waals surface area contributed by atoms with Gasteiger partial charge in [-0.15, -0.1) is 10.2 Å². The molecule has 0 bridgehead atoms. The Hall–Kier alpha value is -4.65. The lowest BCUT2D eigenvalue weighted by Gasteiger charge is -2.31. The van der Waals surface area contributed by atoms with Gasteiger partial charge in [0, 0.05) is 43.4 Å². The standard InChI is InChI=1S/C34H33F3N8O2/c1-2-23-26(36)7-6-19-11-22(46)12-24(28(19)23)30-29(37)31-25(15-38-30)32(44-9-3-5-27-20(16-44)14-39-43-42-27)41-33(40-31)47-18-34-8-4-10-45(34)17-21(35)13-34/h6-7,11-12,14-15,21,46H,2-5,8-10,13,16-18H2,1H3/t21-,34+/m1/s1. The van der Waals surface area contributed by atoms with Gasteiger partial charge in [0.05, 0.1) is 22.8 Å². The summed E-state index contributed by atoms with van der Waals surface area (Å²) in [7, 11) is 0. The maximum Gasteiger partial charge on any atom is 0.319 e. The molecule has 47 heavy (non-hydrogen) atoms. The molecule has 2 saturated heterocycles. The van der Waals surface area contributed by atoms with Gasteiger partial charge in [-0.3, -0.25) is 9.88 Å². The molecule has 10 nitrogen and oxygen atoms in total. The number of phenols is 1. The highest BCUT2D eigenvalue weighted by molar-refractivity contribution is 6.01. The van der Waals surface area contributed by atoms with E-state index in [9.17, 15) is 13.9 Å². The molecule has 13 heteroatoms. The molecule has 2 atom stereocenters. The smallest absolute Gasteiger partial charge is 0.319 e. The van der Waals surface area contributed by atoms with Crippen molar-refractivity contribution in [3.05, 3.63) is 65.1 Å². The number of benzene rings is 2. The van der Waals surface area contributed by atoms with Crippen molar-refractivity contribution >= 4 is 27.5 Å². The molecule has 242 valence electrons. The van der Waals surface area contributed by atoms with E-state index >= 15 is 4.39 Å². The van der Waals surface area contributed by atoms with Gasteiger partial charge in [-0.25, -0.2) is 13.2 Å². The number of rotatable bonds is 6. The van der Waals surface area contributed by atoms with Crippen LogP contribution in [0.5, 0.6) is 11.8 Å². The first kappa shape index (κ1) is 29.7. The monoisotopic (exact) mass is 642 g/mol. The second kappa shape index (κ2) is 11.5. The third-order valence-electron chi connectivity index (χ3n) is 9.94. The normalized spacial score (nSPS) is 21.3. The Morgan fingerprint density at radius 1 is 1.11 bits per heavy atom. The Labute approximate surface area is 268 Å². The van der Waals surface area contributed by atoms with Crippen LogP contribution in [0.3, 0.4) is 0 Å². The minimum absolute atomic E-state index is 0.0213. The first-order valence-corrected chi connectivity index (χ1v) is 16.1. The second-order valence-corrected chi connectivity index (χ2v) is 12.8. The van der Waals surface area contributed by atoms with E-state index in [1.54, 1.807) is 12.3 Å².